The molecule has 0 spiro atoms. The SMILES string of the molecule is Cc1cc(N2CCN(C)C(=O)C2)c(C(=O)O)cn1. The molecule has 2 heterocycles. The molecule has 1 aromatic rings. The first-order valence-corrected chi connectivity index (χ1v) is 5.68. The van der Waals surface area contributed by atoms with E-state index in [1.165, 1.54) is 6.20 Å². The van der Waals surface area contributed by atoms with Gasteiger partial charge in [0.25, 0.3) is 0 Å². The zero-order chi connectivity index (χ0) is 13.3. The first-order valence-electron chi connectivity index (χ1n) is 5.68. The fraction of sp³-hybridized carbons (Fsp3) is 0.417. The smallest absolute Gasteiger partial charge is 0.339 e. The normalized spacial score (nSPS) is 16.0. The molecule has 0 aliphatic carbocycles. The number of rotatable bonds is 2. The number of anilines is 1. The van der Waals surface area contributed by atoms with Gasteiger partial charge >= 0.3 is 5.97 Å². The molecule has 18 heavy (non-hydrogen) atoms. The van der Waals surface area contributed by atoms with Gasteiger partial charge < -0.3 is 14.9 Å². The number of nitrogens with zero attached hydrogens (tertiary/aromatic N) is 3. The molecule has 0 unspecified atom stereocenters. The highest BCUT2D eigenvalue weighted by Gasteiger charge is 2.24. The van der Waals surface area contributed by atoms with Gasteiger partial charge in [-0.1, -0.05) is 0 Å². The van der Waals surface area contributed by atoms with Crippen molar-refractivity contribution in [2.45, 2.75) is 6.92 Å². The molecular weight excluding hydrogens is 234 g/mol. The number of carbonyl (C=O) groups excluding carboxylic acids is 1. The second-order valence-electron chi connectivity index (χ2n) is 4.38. The Morgan fingerprint density at radius 3 is 2.78 bits per heavy atom. The average Bonchev–Trinajstić information content (AvgIpc) is 2.32. The number of likely N-dealkylation sites (N-methyl/N-ethyl adjacent to an activating group) is 1. The van der Waals surface area contributed by atoms with E-state index in [1.807, 2.05) is 0 Å². The van der Waals surface area contributed by atoms with Crippen LogP contribution in [0.25, 0.3) is 0 Å². The number of aromatic nitrogens is 1. The fourth-order valence-electron chi connectivity index (χ4n) is 1.94. The van der Waals surface area contributed by atoms with E-state index >= 15 is 0 Å². The van der Waals surface area contributed by atoms with Crippen LogP contribution in [0.4, 0.5) is 5.69 Å². The Bertz CT molecular complexity index is 501. The van der Waals surface area contributed by atoms with Gasteiger partial charge in [0.1, 0.15) is 5.56 Å². The van der Waals surface area contributed by atoms with Crippen LogP contribution in [0.15, 0.2) is 12.3 Å². The molecule has 0 aromatic carbocycles. The summed E-state index contributed by atoms with van der Waals surface area (Å²) in [7, 11) is 1.75. The van der Waals surface area contributed by atoms with Crippen LogP contribution in [-0.2, 0) is 4.79 Å². The topological polar surface area (TPSA) is 73.7 Å². The number of carbonyl (C=O) groups is 2. The van der Waals surface area contributed by atoms with Crippen LogP contribution in [0.3, 0.4) is 0 Å². The van der Waals surface area contributed by atoms with Gasteiger partial charge in [0.05, 0.1) is 12.2 Å². The zero-order valence-electron chi connectivity index (χ0n) is 10.4. The third kappa shape index (κ3) is 2.27. The standard InChI is InChI=1S/C12H15N3O3/c1-8-5-10(9(6-13-8)12(17)18)15-4-3-14(2)11(16)7-15/h5-6H,3-4,7H2,1-2H3,(H,17,18). The predicted octanol–water partition coefficient (Wildman–Crippen LogP) is 0.367. The Balaban J connectivity index is 2.35. The fourth-order valence-corrected chi connectivity index (χ4v) is 1.94. The maximum Gasteiger partial charge on any atom is 0.339 e. The first-order chi connectivity index (χ1) is 8.49. The molecule has 96 valence electrons. The minimum absolute atomic E-state index is 0.00736. The van der Waals surface area contributed by atoms with E-state index in [9.17, 15) is 9.59 Å². The van der Waals surface area contributed by atoms with E-state index in [2.05, 4.69) is 4.98 Å². The number of aromatic carboxylic acids is 1. The monoisotopic (exact) mass is 249 g/mol. The van der Waals surface area contributed by atoms with Crippen LogP contribution in [0, 0.1) is 6.92 Å². The first kappa shape index (κ1) is 12.3. The van der Waals surface area contributed by atoms with Gasteiger partial charge in [0.2, 0.25) is 5.91 Å². The van der Waals surface area contributed by atoms with Gasteiger partial charge in [0, 0.05) is 32.0 Å². The van der Waals surface area contributed by atoms with Crippen molar-refractivity contribution in [2.24, 2.45) is 0 Å². The molecule has 0 radical (unpaired) electrons. The summed E-state index contributed by atoms with van der Waals surface area (Å²) in [6.07, 6.45) is 1.34. The number of hydrogen-bond acceptors (Lipinski definition) is 4. The summed E-state index contributed by atoms with van der Waals surface area (Å²) < 4.78 is 0. The zero-order valence-corrected chi connectivity index (χ0v) is 10.4. The number of pyridine rings is 1. The second-order valence-corrected chi connectivity index (χ2v) is 4.38. The number of aryl methyl sites for hydroxylation is 1. The van der Waals surface area contributed by atoms with E-state index in [4.69, 9.17) is 5.11 Å². The number of carboxylic acids is 1. The Kier molecular flexibility index (Phi) is 3.18. The summed E-state index contributed by atoms with van der Waals surface area (Å²) in [5, 5.41) is 9.14. The van der Waals surface area contributed by atoms with Crippen molar-refractivity contribution in [3.8, 4) is 0 Å². The molecule has 6 heteroatoms. The molecule has 1 aliphatic rings. The van der Waals surface area contributed by atoms with E-state index in [0.29, 0.717) is 18.8 Å². The Morgan fingerprint density at radius 1 is 1.44 bits per heavy atom. The van der Waals surface area contributed by atoms with E-state index in [-0.39, 0.29) is 18.0 Å². The predicted molar refractivity (Wildman–Crippen MR) is 65.8 cm³/mol. The van der Waals surface area contributed by atoms with E-state index in [1.54, 1.807) is 29.8 Å². The molecule has 1 N–H and O–H groups in total. The lowest BCUT2D eigenvalue weighted by atomic mass is 10.1. The Morgan fingerprint density at radius 2 is 2.17 bits per heavy atom. The van der Waals surface area contributed by atoms with Crippen LogP contribution in [0.1, 0.15) is 16.1 Å². The third-order valence-electron chi connectivity index (χ3n) is 3.05. The molecule has 6 nitrogen and oxygen atoms in total. The van der Waals surface area contributed by atoms with Crippen LogP contribution < -0.4 is 4.90 Å². The lowest BCUT2D eigenvalue weighted by molar-refractivity contribution is -0.129. The Hall–Kier alpha value is -2.11. The van der Waals surface area contributed by atoms with E-state index < -0.39 is 5.97 Å². The van der Waals surface area contributed by atoms with Crippen molar-refractivity contribution in [3.05, 3.63) is 23.5 Å². The average molecular weight is 249 g/mol. The Labute approximate surface area is 105 Å². The highest BCUT2D eigenvalue weighted by atomic mass is 16.4. The number of hydrogen-bond donors (Lipinski definition) is 1. The van der Waals surface area contributed by atoms with Gasteiger partial charge in [-0.2, -0.15) is 0 Å². The number of amides is 1. The largest absolute Gasteiger partial charge is 0.478 e. The maximum absolute atomic E-state index is 11.7. The third-order valence-corrected chi connectivity index (χ3v) is 3.05. The lowest BCUT2D eigenvalue weighted by Gasteiger charge is -2.34. The molecular formula is C12H15N3O3. The second kappa shape index (κ2) is 4.64. The molecule has 1 fully saturated rings. The van der Waals surface area contributed by atoms with Gasteiger partial charge in [-0.25, -0.2) is 4.79 Å². The summed E-state index contributed by atoms with van der Waals surface area (Å²) in [6.45, 7) is 3.23. The summed E-state index contributed by atoms with van der Waals surface area (Å²) in [4.78, 5) is 30.2. The summed E-state index contributed by atoms with van der Waals surface area (Å²) >= 11 is 0. The van der Waals surface area contributed by atoms with Gasteiger partial charge in [0.15, 0.2) is 0 Å². The van der Waals surface area contributed by atoms with Crippen molar-refractivity contribution in [1.29, 1.82) is 0 Å². The molecule has 0 saturated carbocycles. The van der Waals surface area contributed by atoms with E-state index in [0.717, 1.165) is 5.69 Å². The number of carboxylic acid groups (broad SMARTS) is 1. The molecule has 0 bridgehead atoms. The van der Waals surface area contributed by atoms with Crippen molar-refractivity contribution >= 4 is 17.6 Å². The molecule has 1 aliphatic heterocycles. The van der Waals surface area contributed by atoms with Crippen molar-refractivity contribution < 1.29 is 14.7 Å². The van der Waals surface area contributed by atoms with Crippen LogP contribution in [0.2, 0.25) is 0 Å². The van der Waals surface area contributed by atoms with Crippen LogP contribution in [-0.4, -0.2) is 53.5 Å². The highest BCUT2D eigenvalue weighted by Crippen LogP contribution is 2.22. The molecule has 0 atom stereocenters. The minimum atomic E-state index is -1.02. The molecule has 2 rings (SSSR count). The molecule has 1 amide bonds. The molecule has 1 saturated heterocycles. The summed E-state index contributed by atoms with van der Waals surface area (Å²) in [6, 6.07) is 1.71. The highest BCUT2D eigenvalue weighted by molar-refractivity contribution is 5.95. The summed E-state index contributed by atoms with van der Waals surface area (Å²) in [5.74, 6) is -1.03. The quantitative estimate of drug-likeness (QED) is 0.819. The van der Waals surface area contributed by atoms with Crippen LogP contribution in [0.5, 0.6) is 0 Å². The van der Waals surface area contributed by atoms with Crippen molar-refractivity contribution in [2.75, 3.05) is 31.6 Å². The molecule has 1 aromatic heterocycles. The van der Waals surface area contributed by atoms with Crippen molar-refractivity contribution in [3.63, 3.8) is 0 Å². The van der Waals surface area contributed by atoms with Gasteiger partial charge in [-0.3, -0.25) is 9.78 Å². The minimum Gasteiger partial charge on any atom is -0.478 e. The van der Waals surface area contributed by atoms with Gasteiger partial charge in [-0.05, 0) is 13.0 Å². The lowest BCUT2D eigenvalue weighted by Crippen LogP contribution is -2.49. The van der Waals surface area contributed by atoms with Gasteiger partial charge in [-0.15, -0.1) is 0 Å². The van der Waals surface area contributed by atoms with Crippen molar-refractivity contribution in [1.82, 2.24) is 9.88 Å². The number of piperazine rings is 1. The summed E-state index contributed by atoms with van der Waals surface area (Å²) in [5.41, 5.74) is 1.44. The van der Waals surface area contributed by atoms with Crippen LogP contribution >= 0.6 is 0 Å². The maximum atomic E-state index is 11.7.